The summed E-state index contributed by atoms with van der Waals surface area (Å²) >= 11 is 0. The first kappa shape index (κ1) is 17.8. The van der Waals surface area contributed by atoms with Crippen LogP contribution in [0.4, 0.5) is 0 Å². The third-order valence-electron chi connectivity index (χ3n) is 4.26. The van der Waals surface area contributed by atoms with Gasteiger partial charge in [0.05, 0.1) is 6.61 Å². The number of rotatable bonds is 7. The third-order valence-corrected chi connectivity index (χ3v) is 4.26. The number of nitrogens with one attached hydrogen (secondary N) is 1. The Morgan fingerprint density at radius 3 is 2.88 bits per heavy atom. The second-order valence-corrected chi connectivity index (χ2v) is 6.18. The lowest BCUT2D eigenvalue weighted by Crippen LogP contribution is -2.26. The van der Waals surface area contributed by atoms with Crippen LogP contribution in [0.3, 0.4) is 0 Å². The van der Waals surface area contributed by atoms with Gasteiger partial charge in [0.15, 0.2) is 6.61 Å². The molecule has 1 aliphatic rings. The molecular formula is C20H21NO5. The lowest BCUT2D eigenvalue weighted by atomic mass is 9.90. The standard InChI is InChI=1S/C20H21NO5/c22-19(11-15-8-9-25-18-7-2-1-6-17(15)18)21-12-14-4-3-5-16(10-14)26-13-20(23)24/h1-7,10,15H,8-9,11-13H2,(H,21,22)(H,23,24)/t15-/m0/s1. The average Bonchev–Trinajstić information content (AvgIpc) is 2.65. The molecule has 136 valence electrons. The van der Waals surface area contributed by atoms with Crippen molar-refractivity contribution in [3.63, 3.8) is 0 Å². The number of fused-ring (bicyclic) bond motifs is 1. The first-order valence-corrected chi connectivity index (χ1v) is 8.54. The van der Waals surface area contributed by atoms with E-state index in [2.05, 4.69) is 5.32 Å². The fraction of sp³-hybridized carbons (Fsp3) is 0.300. The van der Waals surface area contributed by atoms with Gasteiger partial charge in [-0.25, -0.2) is 4.79 Å². The molecule has 2 N–H and O–H groups in total. The summed E-state index contributed by atoms with van der Waals surface area (Å²) in [6.07, 6.45) is 1.23. The Labute approximate surface area is 151 Å². The van der Waals surface area contributed by atoms with Gasteiger partial charge in [-0.1, -0.05) is 30.3 Å². The molecule has 3 rings (SSSR count). The summed E-state index contributed by atoms with van der Waals surface area (Å²) in [5.74, 6) is 0.437. The highest BCUT2D eigenvalue weighted by molar-refractivity contribution is 5.77. The quantitative estimate of drug-likeness (QED) is 0.798. The molecule has 2 aromatic carbocycles. The van der Waals surface area contributed by atoms with Gasteiger partial charge in [0.2, 0.25) is 5.91 Å². The SMILES string of the molecule is O=C(O)COc1cccc(CNC(=O)C[C@@H]2CCOc3ccccc32)c1. The van der Waals surface area contributed by atoms with Crippen molar-refractivity contribution in [2.45, 2.75) is 25.3 Å². The smallest absolute Gasteiger partial charge is 0.341 e. The fourth-order valence-corrected chi connectivity index (χ4v) is 3.01. The molecule has 1 aliphatic heterocycles. The Kier molecular flexibility index (Phi) is 5.73. The summed E-state index contributed by atoms with van der Waals surface area (Å²) in [6.45, 7) is 0.602. The van der Waals surface area contributed by atoms with Gasteiger partial charge in [0.25, 0.3) is 0 Å². The molecule has 0 saturated carbocycles. The molecule has 6 nitrogen and oxygen atoms in total. The van der Waals surface area contributed by atoms with E-state index in [9.17, 15) is 9.59 Å². The second kappa shape index (κ2) is 8.38. The van der Waals surface area contributed by atoms with Crippen molar-refractivity contribution in [2.75, 3.05) is 13.2 Å². The number of carbonyl (C=O) groups is 2. The van der Waals surface area contributed by atoms with E-state index >= 15 is 0 Å². The number of hydrogen-bond acceptors (Lipinski definition) is 4. The molecule has 1 heterocycles. The van der Waals surface area contributed by atoms with E-state index in [1.807, 2.05) is 30.3 Å². The normalized spacial score (nSPS) is 15.5. The molecule has 0 radical (unpaired) electrons. The molecule has 2 aromatic rings. The molecule has 1 amide bonds. The third kappa shape index (κ3) is 4.75. The van der Waals surface area contributed by atoms with Gasteiger partial charge in [-0.3, -0.25) is 4.79 Å². The van der Waals surface area contributed by atoms with Gasteiger partial charge in [-0.15, -0.1) is 0 Å². The van der Waals surface area contributed by atoms with Crippen LogP contribution in [0.5, 0.6) is 11.5 Å². The van der Waals surface area contributed by atoms with Crippen LogP contribution in [-0.2, 0) is 16.1 Å². The molecular weight excluding hydrogens is 334 g/mol. The van der Waals surface area contributed by atoms with Gasteiger partial charge in [0.1, 0.15) is 11.5 Å². The van der Waals surface area contributed by atoms with Crippen LogP contribution in [0.2, 0.25) is 0 Å². The van der Waals surface area contributed by atoms with Crippen LogP contribution in [0.15, 0.2) is 48.5 Å². The highest BCUT2D eigenvalue weighted by Gasteiger charge is 2.23. The lowest BCUT2D eigenvalue weighted by molar-refractivity contribution is -0.139. The molecule has 0 unspecified atom stereocenters. The summed E-state index contributed by atoms with van der Waals surface area (Å²) in [6, 6.07) is 14.9. The van der Waals surface area contributed by atoms with E-state index in [0.717, 1.165) is 23.3 Å². The summed E-state index contributed by atoms with van der Waals surface area (Å²) in [4.78, 5) is 22.9. The largest absolute Gasteiger partial charge is 0.493 e. The zero-order valence-corrected chi connectivity index (χ0v) is 14.3. The molecule has 0 fully saturated rings. The topological polar surface area (TPSA) is 84.9 Å². The first-order valence-electron chi connectivity index (χ1n) is 8.54. The first-order chi connectivity index (χ1) is 12.6. The number of amides is 1. The minimum absolute atomic E-state index is 0.0245. The van der Waals surface area contributed by atoms with Crippen LogP contribution in [-0.4, -0.2) is 30.2 Å². The summed E-state index contributed by atoms with van der Waals surface area (Å²) in [5, 5.41) is 11.6. The van der Waals surface area contributed by atoms with Gasteiger partial charge >= 0.3 is 5.97 Å². The van der Waals surface area contributed by atoms with Gasteiger partial charge < -0.3 is 19.9 Å². The Hall–Kier alpha value is -3.02. The minimum atomic E-state index is -1.03. The molecule has 6 heteroatoms. The van der Waals surface area contributed by atoms with E-state index in [4.69, 9.17) is 14.6 Å². The van der Waals surface area contributed by atoms with E-state index in [0.29, 0.717) is 25.3 Å². The Morgan fingerprint density at radius 1 is 1.19 bits per heavy atom. The zero-order chi connectivity index (χ0) is 18.4. The summed E-state index contributed by atoms with van der Waals surface area (Å²) in [5.41, 5.74) is 1.94. The predicted octanol–water partition coefficient (Wildman–Crippen LogP) is 2.72. The monoisotopic (exact) mass is 355 g/mol. The van der Waals surface area contributed by atoms with Crippen LogP contribution in [0.25, 0.3) is 0 Å². The van der Waals surface area contributed by atoms with Crippen molar-refractivity contribution >= 4 is 11.9 Å². The van der Waals surface area contributed by atoms with E-state index in [1.54, 1.807) is 18.2 Å². The fourth-order valence-electron chi connectivity index (χ4n) is 3.01. The number of carbonyl (C=O) groups excluding carboxylic acids is 1. The summed E-state index contributed by atoms with van der Waals surface area (Å²) in [7, 11) is 0. The van der Waals surface area contributed by atoms with Crippen molar-refractivity contribution in [1.29, 1.82) is 0 Å². The van der Waals surface area contributed by atoms with Crippen molar-refractivity contribution in [2.24, 2.45) is 0 Å². The molecule has 0 aliphatic carbocycles. The highest BCUT2D eigenvalue weighted by Crippen LogP contribution is 2.35. The maximum absolute atomic E-state index is 12.3. The number of ether oxygens (including phenoxy) is 2. The van der Waals surface area contributed by atoms with Crippen LogP contribution in [0, 0.1) is 0 Å². The van der Waals surface area contributed by atoms with Gasteiger partial charge in [-0.05, 0) is 41.7 Å². The Bertz CT molecular complexity index is 789. The van der Waals surface area contributed by atoms with Crippen LogP contribution >= 0.6 is 0 Å². The van der Waals surface area contributed by atoms with Crippen molar-refractivity contribution in [3.8, 4) is 11.5 Å². The van der Waals surface area contributed by atoms with Gasteiger partial charge in [-0.2, -0.15) is 0 Å². The predicted molar refractivity (Wildman–Crippen MR) is 95.3 cm³/mol. The Morgan fingerprint density at radius 2 is 2.04 bits per heavy atom. The van der Waals surface area contributed by atoms with Crippen molar-refractivity contribution in [1.82, 2.24) is 5.32 Å². The maximum atomic E-state index is 12.3. The molecule has 0 bridgehead atoms. The van der Waals surface area contributed by atoms with E-state index < -0.39 is 5.97 Å². The van der Waals surface area contributed by atoms with Gasteiger partial charge in [0, 0.05) is 13.0 Å². The average molecular weight is 355 g/mol. The number of aliphatic carboxylic acids is 1. The zero-order valence-electron chi connectivity index (χ0n) is 14.3. The number of hydrogen-bond donors (Lipinski definition) is 2. The lowest BCUT2D eigenvalue weighted by Gasteiger charge is -2.25. The summed E-state index contributed by atoms with van der Waals surface area (Å²) < 4.78 is 10.8. The van der Waals surface area contributed by atoms with Crippen molar-refractivity contribution in [3.05, 3.63) is 59.7 Å². The van der Waals surface area contributed by atoms with Crippen LogP contribution in [0.1, 0.15) is 29.9 Å². The molecule has 0 saturated heterocycles. The molecule has 0 spiro atoms. The number of benzene rings is 2. The Balaban J connectivity index is 1.53. The maximum Gasteiger partial charge on any atom is 0.341 e. The molecule has 26 heavy (non-hydrogen) atoms. The van der Waals surface area contributed by atoms with Crippen LogP contribution < -0.4 is 14.8 Å². The molecule has 1 atom stereocenters. The van der Waals surface area contributed by atoms with Crippen molar-refractivity contribution < 1.29 is 24.2 Å². The number of para-hydroxylation sites is 1. The number of carboxylic acid groups (broad SMARTS) is 1. The highest BCUT2D eigenvalue weighted by atomic mass is 16.5. The molecule has 0 aromatic heterocycles. The second-order valence-electron chi connectivity index (χ2n) is 6.18. The van der Waals surface area contributed by atoms with E-state index in [1.165, 1.54) is 0 Å². The minimum Gasteiger partial charge on any atom is -0.493 e. The number of carboxylic acids is 1. The van der Waals surface area contributed by atoms with E-state index in [-0.39, 0.29) is 18.4 Å².